The van der Waals surface area contributed by atoms with Gasteiger partial charge in [0.2, 0.25) is 5.91 Å². The van der Waals surface area contributed by atoms with Crippen LogP contribution < -0.4 is 10.6 Å². The first-order chi connectivity index (χ1) is 12.1. The fourth-order valence-corrected chi connectivity index (χ4v) is 2.77. The molecule has 0 aliphatic rings. The second kappa shape index (κ2) is 7.63. The monoisotopic (exact) mass is 356 g/mol. The predicted octanol–water partition coefficient (Wildman–Crippen LogP) is 2.71. The summed E-state index contributed by atoms with van der Waals surface area (Å²) < 4.78 is 13.1. The van der Waals surface area contributed by atoms with Crippen LogP contribution in [0.4, 0.5) is 9.52 Å². The molecule has 0 aliphatic carbocycles. The van der Waals surface area contributed by atoms with E-state index >= 15 is 0 Å². The number of amides is 2. The van der Waals surface area contributed by atoms with Gasteiger partial charge in [-0.3, -0.25) is 14.6 Å². The third kappa shape index (κ3) is 4.45. The molecular weight excluding hydrogens is 343 g/mol. The van der Waals surface area contributed by atoms with Crippen molar-refractivity contribution >= 4 is 28.3 Å². The van der Waals surface area contributed by atoms with Crippen molar-refractivity contribution in [1.29, 1.82) is 0 Å². The highest BCUT2D eigenvalue weighted by Gasteiger charge is 2.11. The Morgan fingerprint density at radius 1 is 1.20 bits per heavy atom. The van der Waals surface area contributed by atoms with Gasteiger partial charge in [0, 0.05) is 28.9 Å². The second-order valence-corrected chi connectivity index (χ2v) is 5.88. The Balaban J connectivity index is 1.55. The summed E-state index contributed by atoms with van der Waals surface area (Å²) in [5.41, 5.74) is 1.71. The summed E-state index contributed by atoms with van der Waals surface area (Å²) in [6, 6.07) is 8.92. The Labute approximate surface area is 146 Å². The number of aromatic nitrogens is 2. The molecule has 0 bridgehead atoms. The topological polar surface area (TPSA) is 84.0 Å². The zero-order valence-electron chi connectivity index (χ0n) is 12.9. The first kappa shape index (κ1) is 16.7. The molecule has 3 rings (SSSR count). The van der Waals surface area contributed by atoms with Crippen molar-refractivity contribution in [2.24, 2.45) is 0 Å². The van der Waals surface area contributed by atoms with Gasteiger partial charge in [0.1, 0.15) is 5.82 Å². The maximum absolute atomic E-state index is 13.1. The Morgan fingerprint density at radius 3 is 2.84 bits per heavy atom. The number of halogens is 1. The van der Waals surface area contributed by atoms with Crippen LogP contribution in [0.15, 0.2) is 54.2 Å². The molecule has 2 heterocycles. The van der Waals surface area contributed by atoms with Gasteiger partial charge < -0.3 is 10.6 Å². The molecule has 0 atom stereocenters. The second-order valence-electron chi connectivity index (χ2n) is 5.02. The minimum atomic E-state index is -0.523. The SMILES string of the molecule is O=C(CNC(=O)c1cccc(F)c1)Nc1nc(-c2cccnc2)cs1. The highest BCUT2D eigenvalue weighted by Crippen LogP contribution is 2.23. The fourth-order valence-electron chi connectivity index (χ4n) is 2.03. The number of rotatable bonds is 5. The van der Waals surface area contributed by atoms with E-state index < -0.39 is 17.6 Å². The maximum atomic E-state index is 13.1. The number of nitrogens with zero attached hydrogens (tertiary/aromatic N) is 2. The molecular formula is C17H13FN4O2S. The van der Waals surface area contributed by atoms with Gasteiger partial charge in [-0.25, -0.2) is 9.37 Å². The smallest absolute Gasteiger partial charge is 0.251 e. The molecule has 1 aromatic carbocycles. The lowest BCUT2D eigenvalue weighted by atomic mass is 10.2. The van der Waals surface area contributed by atoms with Crippen LogP contribution in [0.3, 0.4) is 0 Å². The van der Waals surface area contributed by atoms with E-state index in [9.17, 15) is 14.0 Å². The first-order valence-corrected chi connectivity index (χ1v) is 8.19. The van der Waals surface area contributed by atoms with Crippen LogP contribution in [-0.4, -0.2) is 28.3 Å². The summed E-state index contributed by atoms with van der Waals surface area (Å²) >= 11 is 1.27. The molecule has 0 spiro atoms. The van der Waals surface area contributed by atoms with E-state index in [0.29, 0.717) is 10.8 Å². The lowest BCUT2D eigenvalue weighted by molar-refractivity contribution is -0.115. The molecule has 25 heavy (non-hydrogen) atoms. The lowest BCUT2D eigenvalue weighted by Crippen LogP contribution is -2.32. The van der Waals surface area contributed by atoms with Crippen molar-refractivity contribution in [1.82, 2.24) is 15.3 Å². The Kier molecular flexibility index (Phi) is 5.10. The van der Waals surface area contributed by atoms with E-state index in [4.69, 9.17) is 0 Å². The lowest BCUT2D eigenvalue weighted by Gasteiger charge is -2.05. The summed E-state index contributed by atoms with van der Waals surface area (Å²) in [6.07, 6.45) is 3.35. The average Bonchev–Trinajstić information content (AvgIpc) is 3.09. The highest BCUT2D eigenvalue weighted by atomic mass is 32.1. The van der Waals surface area contributed by atoms with Gasteiger partial charge in [0.05, 0.1) is 12.2 Å². The molecule has 2 aromatic heterocycles. The Hall–Kier alpha value is -3.13. The van der Waals surface area contributed by atoms with E-state index in [1.807, 2.05) is 6.07 Å². The molecule has 0 aliphatic heterocycles. The van der Waals surface area contributed by atoms with Gasteiger partial charge >= 0.3 is 0 Å². The summed E-state index contributed by atoms with van der Waals surface area (Å²) in [6.45, 7) is -0.239. The molecule has 126 valence electrons. The van der Waals surface area contributed by atoms with Crippen LogP contribution in [0.25, 0.3) is 11.3 Å². The highest BCUT2D eigenvalue weighted by molar-refractivity contribution is 7.14. The number of hydrogen-bond donors (Lipinski definition) is 2. The largest absolute Gasteiger partial charge is 0.343 e. The number of thiazole rings is 1. The van der Waals surface area contributed by atoms with E-state index in [2.05, 4.69) is 20.6 Å². The number of benzene rings is 1. The predicted molar refractivity (Wildman–Crippen MR) is 92.7 cm³/mol. The summed E-state index contributed by atoms with van der Waals surface area (Å²) in [5.74, 6) is -1.45. The van der Waals surface area contributed by atoms with Crippen molar-refractivity contribution in [2.75, 3.05) is 11.9 Å². The Morgan fingerprint density at radius 2 is 2.08 bits per heavy atom. The number of carbonyl (C=O) groups is 2. The standard InChI is InChI=1S/C17H13FN4O2S/c18-13-5-1-3-11(7-13)16(24)20-9-15(23)22-17-21-14(10-25-17)12-4-2-6-19-8-12/h1-8,10H,9H2,(H,20,24)(H,21,22,23). The third-order valence-electron chi connectivity index (χ3n) is 3.20. The summed E-state index contributed by atoms with van der Waals surface area (Å²) in [4.78, 5) is 32.1. The zero-order valence-corrected chi connectivity index (χ0v) is 13.7. The van der Waals surface area contributed by atoms with Crippen molar-refractivity contribution < 1.29 is 14.0 Å². The molecule has 0 fully saturated rings. The molecule has 0 unspecified atom stereocenters. The van der Waals surface area contributed by atoms with Crippen molar-refractivity contribution in [3.63, 3.8) is 0 Å². The molecule has 8 heteroatoms. The van der Waals surface area contributed by atoms with E-state index in [1.165, 1.54) is 29.5 Å². The quantitative estimate of drug-likeness (QED) is 0.736. The normalized spacial score (nSPS) is 10.3. The molecule has 6 nitrogen and oxygen atoms in total. The zero-order chi connectivity index (χ0) is 17.6. The molecule has 0 saturated heterocycles. The van der Waals surface area contributed by atoms with Crippen LogP contribution in [-0.2, 0) is 4.79 Å². The number of pyridine rings is 1. The molecule has 2 N–H and O–H groups in total. The maximum Gasteiger partial charge on any atom is 0.251 e. The summed E-state index contributed by atoms with van der Waals surface area (Å²) in [5, 5.41) is 7.27. The molecule has 3 aromatic rings. The van der Waals surface area contributed by atoms with E-state index in [1.54, 1.807) is 23.8 Å². The van der Waals surface area contributed by atoms with Crippen molar-refractivity contribution in [3.05, 3.63) is 65.6 Å². The van der Waals surface area contributed by atoms with Crippen LogP contribution in [0.2, 0.25) is 0 Å². The van der Waals surface area contributed by atoms with Crippen LogP contribution >= 0.6 is 11.3 Å². The summed E-state index contributed by atoms with van der Waals surface area (Å²) in [7, 11) is 0. The van der Waals surface area contributed by atoms with Gasteiger partial charge in [0.15, 0.2) is 5.13 Å². The third-order valence-corrected chi connectivity index (χ3v) is 3.96. The first-order valence-electron chi connectivity index (χ1n) is 7.31. The van der Waals surface area contributed by atoms with Crippen LogP contribution in [0.5, 0.6) is 0 Å². The number of hydrogen-bond acceptors (Lipinski definition) is 5. The van der Waals surface area contributed by atoms with Gasteiger partial charge in [-0.2, -0.15) is 0 Å². The molecule has 0 radical (unpaired) electrons. The van der Waals surface area contributed by atoms with Crippen LogP contribution in [0.1, 0.15) is 10.4 Å². The van der Waals surface area contributed by atoms with Gasteiger partial charge in [-0.05, 0) is 30.3 Å². The van der Waals surface area contributed by atoms with Gasteiger partial charge in [-0.1, -0.05) is 6.07 Å². The van der Waals surface area contributed by atoms with Gasteiger partial charge in [0.25, 0.3) is 5.91 Å². The van der Waals surface area contributed by atoms with E-state index in [0.717, 1.165) is 11.6 Å². The molecule has 0 saturated carbocycles. The minimum Gasteiger partial charge on any atom is -0.343 e. The number of nitrogens with one attached hydrogen (secondary N) is 2. The fraction of sp³-hybridized carbons (Fsp3) is 0.0588. The number of carbonyl (C=O) groups excluding carboxylic acids is 2. The van der Waals surface area contributed by atoms with Gasteiger partial charge in [-0.15, -0.1) is 11.3 Å². The average molecular weight is 356 g/mol. The van der Waals surface area contributed by atoms with Crippen molar-refractivity contribution in [3.8, 4) is 11.3 Å². The van der Waals surface area contributed by atoms with Crippen molar-refractivity contribution in [2.45, 2.75) is 0 Å². The van der Waals surface area contributed by atoms with Crippen LogP contribution in [0, 0.1) is 5.82 Å². The molecule has 2 amide bonds. The Bertz CT molecular complexity index is 898. The van der Waals surface area contributed by atoms with E-state index in [-0.39, 0.29) is 12.1 Å². The minimum absolute atomic E-state index is 0.154. The number of anilines is 1.